The third-order valence-electron chi connectivity index (χ3n) is 4.84. The van der Waals surface area contributed by atoms with Crippen molar-refractivity contribution in [1.82, 2.24) is 0 Å². The second-order valence-electron chi connectivity index (χ2n) is 6.67. The predicted octanol–water partition coefficient (Wildman–Crippen LogP) is 3.43. The zero-order valence-electron chi connectivity index (χ0n) is 15.3. The van der Waals surface area contributed by atoms with Crippen LogP contribution in [0.3, 0.4) is 0 Å². The van der Waals surface area contributed by atoms with Gasteiger partial charge in [-0.05, 0) is 18.9 Å². The lowest BCUT2D eigenvalue weighted by molar-refractivity contribution is -0.384. The molecule has 8 nitrogen and oxygen atoms in total. The summed E-state index contributed by atoms with van der Waals surface area (Å²) in [6, 6.07) is 11.8. The number of aliphatic carboxylic acids is 1. The van der Waals surface area contributed by atoms with Gasteiger partial charge in [0.1, 0.15) is 0 Å². The molecular weight excluding hydrogens is 376 g/mol. The van der Waals surface area contributed by atoms with Gasteiger partial charge in [0, 0.05) is 17.7 Å². The Balaban J connectivity index is 1.95. The minimum absolute atomic E-state index is 0.0306. The molecule has 0 spiro atoms. The summed E-state index contributed by atoms with van der Waals surface area (Å²) >= 11 is 0. The topological polar surface area (TPSA) is 127 Å². The standard InChI is InChI=1S/C21H18N2O6/c24-19(13-6-2-1-3-7-13)17-12-14(23(28)29)10-11-18(17)22-20(25)15-8-4-5-9-16(15)21(26)27/h1-7,10-12,15-16H,8-9H2,(H,22,25)(H,26,27). The average molecular weight is 394 g/mol. The maximum absolute atomic E-state index is 12.9. The molecule has 29 heavy (non-hydrogen) atoms. The SMILES string of the molecule is O=C(c1ccccc1)c1cc([N+](=O)[O-])ccc1NC(=O)C1CC=CCC1C(=O)O. The number of hydrogen-bond donors (Lipinski definition) is 2. The van der Waals surface area contributed by atoms with Gasteiger partial charge in [-0.15, -0.1) is 0 Å². The van der Waals surface area contributed by atoms with Crippen molar-refractivity contribution in [1.29, 1.82) is 0 Å². The Kier molecular flexibility index (Phi) is 5.82. The second kappa shape index (κ2) is 8.47. The van der Waals surface area contributed by atoms with E-state index < -0.39 is 34.4 Å². The molecular formula is C21H18N2O6. The Morgan fingerprint density at radius 3 is 2.28 bits per heavy atom. The number of carbonyl (C=O) groups is 3. The van der Waals surface area contributed by atoms with E-state index in [2.05, 4.69) is 5.32 Å². The fraction of sp³-hybridized carbons (Fsp3) is 0.190. The minimum Gasteiger partial charge on any atom is -0.481 e. The molecule has 0 fully saturated rings. The summed E-state index contributed by atoms with van der Waals surface area (Å²) in [5.74, 6) is -3.77. The van der Waals surface area contributed by atoms with Gasteiger partial charge >= 0.3 is 5.97 Å². The van der Waals surface area contributed by atoms with E-state index in [1.807, 2.05) is 0 Å². The monoisotopic (exact) mass is 394 g/mol. The molecule has 0 saturated carbocycles. The lowest BCUT2D eigenvalue weighted by Gasteiger charge is -2.24. The average Bonchev–Trinajstić information content (AvgIpc) is 2.73. The van der Waals surface area contributed by atoms with E-state index in [0.717, 1.165) is 6.07 Å². The fourth-order valence-electron chi connectivity index (χ4n) is 3.29. The molecule has 2 N–H and O–H groups in total. The van der Waals surface area contributed by atoms with Crippen molar-refractivity contribution in [2.45, 2.75) is 12.8 Å². The first-order valence-corrected chi connectivity index (χ1v) is 8.95. The molecule has 3 rings (SSSR count). The number of ketones is 1. The normalized spacial score (nSPS) is 18.1. The van der Waals surface area contributed by atoms with Crippen LogP contribution in [0, 0.1) is 22.0 Å². The summed E-state index contributed by atoms with van der Waals surface area (Å²) in [4.78, 5) is 47.6. The molecule has 8 heteroatoms. The van der Waals surface area contributed by atoms with Gasteiger partial charge in [-0.3, -0.25) is 24.5 Å². The minimum atomic E-state index is -1.07. The Bertz CT molecular complexity index is 999. The second-order valence-corrected chi connectivity index (χ2v) is 6.67. The highest BCUT2D eigenvalue weighted by Gasteiger charge is 2.34. The van der Waals surface area contributed by atoms with Gasteiger partial charge in [-0.2, -0.15) is 0 Å². The van der Waals surface area contributed by atoms with Crippen LogP contribution in [-0.2, 0) is 9.59 Å². The van der Waals surface area contributed by atoms with E-state index in [9.17, 15) is 29.6 Å². The van der Waals surface area contributed by atoms with Crippen molar-refractivity contribution < 1.29 is 24.4 Å². The first-order valence-electron chi connectivity index (χ1n) is 8.95. The number of nitro groups is 1. The van der Waals surface area contributed by atoms with Crippen LogP contribution in [0.25, 0.3) is 0 Å². The number of rotatable bonds is 6. The van der Waals surface area contributed by atoms with Gasteiger partial charge in [0.15, 0.2) is 5.78 Å². The number of nitro benzene ring substituents is 1. The molecule has 2 atom stereocenters. The Morgan fingerprint density at radius 1 is 1.00 bits per heavy atom. The van der Waals surface area contributed by atoms with Gasteiger partial charge in [-0.1, -0.05) is 42.5 Å². The summed E-state index contributed by atoms with van der Waals surface area (Å²) in [5, 5.41) is 23.1. The van der Waals surface area contributed by atoms with Gasteiger partial charge in [0.2, 0.25) is 5.91 Å². The molecule has 0 radical (unpaired) electrons. The zero-order chi connectivity index (χ0) is 21.0. The largest absolute Gasteiger partial charge is 0.481 e. The summed E-state index contributed by atoms with van der Waals surface area (Å²) < 4.78 is 0. The smallest absolute Gasteiger partial charge is 0.307 e. The van der Waals surface area contributed by atoms with Crippen LogP contribution in [0.2, 0.25) is 0 Å². The lowest BCUT2D eigenvalue weighted by Crippen LogP contribution is -2.35. The van der Waals surface area contributed by atoms with Crippen molar-refractivity contribution in [2.24, 2.45) is 11.8 Å². The third kappa shape index (κ3) is 4.37. The summed E-state index contributed by atoms with van der Waals surface area (Å²) in [6.07, 6.45) is 3.97. The summed E-state index contributed by atoms with van der Waals surface area (Å²) in [7, 11) is 0. The Hall–Kier alpha value is -3.81. The molecule has 1 amide bonds. The number of amides is 1. The van der Waals surface area contributed by atoms with E-state index in [1.165, 1.54) is 12.1 Å². The van der Waals surface area contributed by atoms with Crippen LogP contribution in [-0.4, -0.2) is 27.7 Å². The number of nitrogens with one attached hydrogen (secondary N) is 1. The van der Waals surface area contributed by atoms with Gasteiger partial charge in [-0.25, -0.2) is 0 Å². The number of hydrogen-bond acceptors (Lipinski definition) is 5. The van der Waals surface area contributed by atoms with Crippen LogP contribution in [0.1, 0.15) is 28.8 Å². The Morgan fingerprint density at radius 2 is 1.66 bits per heavy atom. The van der Waals surface area contributed by atoms with Crippen molar-refractivity contribution >= 4 is 29.0 Å². The summed E-state index contributed by atoms with van der Waals surface area (Å²) in [6.45, 7) is 0. The molecule has 2 aromatic carbocycles. The number of carbonyl (C=O) groups excluding carboxylic acids is 2. The molecule has 0 bridgehead atoms. The van der Waals surface area contributed by atoms with Crippen LogP contribution in [0.4, 0.5) is 11.4 Å². The predicted molar refractivity (Wildman–Crippen MR) is 105 cm³/mol. The van der Waals surface area contributed by atoms with Crippen LogP contribution in [0.5, 0.6) is 0 Å². The third-order valence-corrected chi connectivity index (χ3v) is 4.84. The number of carboxylic acid groups (broad SMARTS) is 1. The first kappa shape index (κ1) is 19.9. The molecule has 2 unspecified atom stereocenters. The van der Waals surface area contributed by atoms with Crippen molar-refractivity contribution in [3.63, 3.8) is 0 Å². The number of non-ortho nitro benzene ring substituents is 1. The van der Waals surface area contributed by atoms with E-state index in [1.54, 1.807) is 42.5 Å². The molecule has 2 aromatic rings. The highest BCUT2D eigenvalue weighted by atomic mass is 16.6. The molecule has 0 aromatic heterocycles. The molecule has 1 aliphatic rings. The number of nitrogens with zero attached hydrogens (tertiary/aromatic N) is 1. The van der Waals surface area contributed by atoms with E-state index in [0.29, 0.717) is 5.56 Å². The number of allylic oxidation sites excluding steroid dienone is 2. The molecule has 0 saturated heterocycles. The molecule has 148 valence electrons. The lowest BCUT2D eigenvalue weighted by atomic mass is 9.82. The van der Waals surface area contributed by atoms with Gasteiger partial charge in [0.25, 0.3) is 5.69 Å². The van der Waals surface area contributed by atoms with Gasteiger partial charge in [0.05, 0.1) is 28.0 Å². The van der Waals surface area contributed by atoms with Crippen LogP contribution in [0.15, 0.2) is 60.7 Å². The zero-order valence-corrected chi connectivity index (χ0v) is 15.3. The number of anilines is 1. The van der Waals surface area contributed by atoms with E-state index >= 15 is 0 Å². The van der Waals surface area contributed by atoms with E-state index in [-0.39, 0.29) is 29.8 Å². The molecule has 0 heterocycles. The number of benzene rings is 2. The maximum Gasteiger partial charge on any atom is 0.307 e. The summed E-state index contributed by atoms with van der Waals surface area (Å²) in [5.41, 5.74) is 0.101. The first-order chi connectivity index (χ1) is 13.9. The highest BCUT2D eigenvalue weighted by Crippen LogP contribution is 2.30. The molecule has 1 aliphatic carbocycles. The maximum atomic E-state index is 12.9. The van der Waals surface area contributed by atoms with Crippen molar-refractivity contribution in [3.05, 3.63) is 81.9 Å². The van der Waals surface area contributed by atoms with Gasteiger partial charge < -0.3 is 10.4 Å². The fourth-order valence-corrected chi connectivity index (χ4v) is 3.29. The molecule has 0 aliphatic heterocycles. The van der Waals surface area contributed by atoms with Crippen LogP contribution < -0.4 is 5.32 Å². The van der Waals surface area contributed by atoms with Crippen molar-refractivity contribution in [2.75, 3.05) is 5.32 Å². The van der Waals surface area contributed by atoms with Crippen molar-refractivity contribution in [3.8, 4) is 0 Å². The van der Waals surface area contributed by atoms with E-state index in [4.69, 9.17) is 0 Å². The highest BCUT2D eigenvalue weighted by molar-refractivity contribution is 6.14. The van der Waals surface area contributed by atoms with Crippen LogP contribution >= 0.6 is 0 Å². The quantitative estimate of drug-likeness (QED) is 0.334. The Labute approximate surface area is 166 Å². The number of carboxylic acids is 1.